The van der Waals surface area contributed by atoms with E-state index in [1.807, 2.05) is 19.9 Å². The largest absolute Gasteiger partial charge is 0.449 e. The van der Waals surface area contributed by atoms with Crippen molar-refractivity contribution >= 4 is 17.5 Å². The van der Waals surface area contributed by atoms with Crippen LogP contribution in [0.2, 0.25) is 0 Å². The van der Waals surface area contributed by atoms with Crippen molar-refractivity contribution in [3.05, 3.63) is 23.8 Å². The van der Waals surface area contributed by atoms with E-state index in [0.717, 1.165) is 30.8 Å². The molecule has 1 aliphatic heterocycles. The number of aryl methyl sites for hydroxylation is 1. The minimum atomic E-state index is -0.376. The van der Waals surface area contributed by atoms with Crippen molar-refractivity contribution in [3.8, 4) is 0 Å². The van der Waals surface area contributed by atoms with Gasteiger partial charge in [-0.05, 0) is 49.9 Å². The number of hydrogen-bond acceptors (Lipinski definition) is 3. The van der Waals surface area contributed by atoms with Crippen molar-refractivity contribution in [1.82, 2.24) is 0 Å². The van der Waals surface area contributed by atoms with E-state index in [0.29, 0.717) is 6.61 Å². The molecular weight excluding hydrogens is 240 g/mol. The Balaban J connectivity index is 2.00. The highest BCUT2D eigenvalue weighted by Gasteiger charge is 2.13. The summed E-state index contributed by atoms with van der Waals surface area (Å²) in [5, 5.41) is 2.78. The number of carbonyl (C=O) groups excluding carboxylic acids is 1. The molecule has 1 aliphatic rings. The number of amides is 1. The van der Waals surface area contributed by atoms with Gasteiger partial charge >= 0.3 is 6.09 Å². The fraction of sp³-hybridized carbons (Fsp3) is 0.533. The van der Waals surface area contributed by atoms with Crippen molar-refractivity contribution < 1.29 is 9.53 Å². The summed E-state index contributed by atoms with van der Waals surface area (Å²) in [6.45, 7) is 6.70. The molecule has 1 aromatic rings. The Hall–Kier alpha value is -1.71. The van der Waals surface area contributed by atoms with Crippen LogP contribution in [-0.4, -0.2) is 25.8 Å². The highest BCUT2D eigenvalue weighted by atomic mass is 16.5. The second-order valence-corrected chi connectivity index (χ2v) is 4.95. The number of carbonyl (C=O) groups is 1. The molecule has 0 spiro atoms. The lowest BCUT2D eigenvalue weighted by Gasteiger charge is -2.19. The molecule has 0 bridgehead atoms. The summed E-state index contributed by atoms with van der Waals surface area (Å²) in [5.74, 6) is 0. The Labute approximate surface area is 114 Å². The van der Waals surface area contributed by atoms with Crippen molar-refractivity contribution in [2.45, 2.75) is 33.1 Å². The van der Waals surface area contributed by atoms with Crippen LogP contribution in [0.4, 0.5) is 16.2 Å². The molecule has 104 valence electrons. The molecule has 19 heavy (non-hydrogen) atoms. The summed E-state index contributed by atoms with van der Waals surface area (Å²) in [5.41, 5.74) is 3.13. The monoisotopic (exact) mass is 262 g/mol. The molecule has 0 aromatic heterocycles. The Kier molecular flexibility index (Phi) is 4.66. The Morgan fingerprint density at radius 1 is 1.37 bits per heavy atom. The first kappa shape index (κ1) is 13.7. The number of ether oxygens (including phenoxy) is 1. The molecule has 1 fully saturated rings. The predicted octanol–water partition coefficient (Wildman–Crippen LogP) is 3.55. The summed E-state index contributed by atoms with van der Waals surface area (Å²) in [6, 6.07) is 6.14. The molecule has 0 saturated carbocycles. The molecule has 2 rings (SSSR count). The SMILES string of the molecule is CCCOC(=O)Nc1ccc(N2CCCC2)cc1C. The molecule has 0 aliphatic carbocycles. The molecule has 1 heterocycles. The third kappa shape index (κ3) is 3.63. The first-order chi connectivity index (χ1) is 9.20. The standard InChI is InChI=1S/C15H22N2O2/c1-3-10-19-15(18)16-14-7-6-13(11-12(14)2)17-8-4-5-9-17/h6-7,11H,3-5,8-10H2,1-2H3,(H,16,18). The average Bonchev–Trinajstić information content (AvgIpc) is 2.92. The van der Waals surface area contributed by atoms with Gasteiger partial charge in [-0.15, -0.1) is 0 Å². The third-order valence-corrected chi connectivity index (χ3v) is 3.36. The van der Waals surface area contributed by atoms with E-state index in [1.165, 1.54) is 18.5 Å². The van der Waals surface area contributed by atoms with Crippen LogP contribution in [0.15, 0.2) is 18.2 Å². The zero-order valence-electron chi connectivity index (χ0n) is 11.7. The van der Waals surface area contributed by atoms with Crippen LogP contribution in [0.3, 0.4) is 0 Å². The lowest BCUT2D eigenvalue weighted by molar-refractivity contribution is 0.161. The van der Waals surface area contributed by atoms with E-state index in [4.69, 9.17) is 4.74 Å². The van der Waals surface area contributed by atoms with E-state index in [2.05, 4.69) is 22.3 Å². The van der Waals surface area contributed by atoms with Gasteiger partial charge in [0.05, 0.1) is 6.61 Å². The van der Waals surface area contributed by atoms with Gasteiger partial charge in [0.1, 0.15) is 0 Å². The van der Waals surface area contributed by atoms with Gasteiger partial charge in [-0.25, -0.2) is 4.79 Å². The lowest BCUT2D eigenvalue weighted by Crippen LogP contribution is -2.18. The van der Waals surface area contributed by atoms with E-state index in [9.17, 15) is 4.79 Å². The zero-order valence-corrected chi connectivity index (χ0v) is 11.7. The van der Waals surface area contributed by atoms with Crippen molar-refractivity contribution in [2.75, 3.05) is 29.9 Å². The van der Waals surface area contributed by atoms with Crippen molar-refractivity contribution in [3.63, 3.8) is 0 Å². The highest BCUT2D eigenvalue weighted by Crippen LogP contribution is 2.25. The second-order valence-electron chi connectivity index (χ2n) is 4.95. The maximum Gasteiger partial charge on any atom is 0.411 e. The summed E-state index contributed by atoms with van der Waals surface area (Å²) < 4.78 is 5.02. The minimum absolute atomic E-state index is 0.376. The van der Waals surface area contributed by atoms with Gasteiger partial charge in [0.25, 0.3) is 0 Å². The van der Waals surface area contributed by atoms with E-state index in [1.54, 1.807) is 0 Å². The first-order valence-corrected chi connectivity index (χ1v) is 7.00. The topological polar surface area (TPSA) is 41.6 Å². The second kappa shape index (κ2) is 6.45. The Morgan fingerprint density at radius 3 is 2.74 bits per heavy atom. The fourth-order valence-corrected chi connectivity index (χ4v) is 2.30. The van der Waals surface area contributed by atoms with E-state index < -0.39 is 0 Å². The van der Waals surface area contributed by atoms with Gasteiger partial charge < -0.3 is 9.64 Å². The maximum absolute atomic E-state index is 11.5. The van der Waals surface area contributed by atoms with Gasteiger partial charge in [-0.2, -0.15) is 0 Å². The van der Waals surface area contributed by atoms with Gasteiger partial charge in [0, 0.05) is 24.5 Å². The van der Waals surface area contributed by atoms with E-state index >= 15 is 0 Å². The first-order valence-electron chi connectivity index (χ1n) is 7.00. The van der Waals surface area contributed by atoms with Crippen LogP contribution in [-0.2, 0) is 4.74 Å². The number of hydrogen-bond donors (Lipinski definition) is 1. The van der Waals surface area contributed by atoms with Crippen LogP contribution in [0, 0.1) is 6.92 Å². The molecule has 1 saturated heterocycles. The smallest absolute Gasteiger partial charge is 0.411 e. The molecule has 1 aromatic carbocycles. The highest BCUT2D eigenvalue weighted by molar-refractivity contribution is 5.86. The fourth-order valence-electron chi connectivity index (χ4n) is 2.30. The maximum atomic E-state index is 11.5. The normalized spacial score (nSPS) is 14.5. The van der Waals surface area contributed by atoms with E-state index in [-0.39, 0.29) is 6.09 Å². The molecular formula is C15H22N2O2. The van der Waals surface area contributed by atoms with Crippen molar-refractivity contribution in [2.24, 2.45) is 0 Å². The van der Waals surface area contributed by atoms with Gasteiger partial charge in [-0.3, -0.25) is 5.32 Å². The summed E-state index contributed by atoms with van der Waals surface area (Å²) in [7, 11) is 0. The molecule has 0 unspecified atom stereocenters. The number of rotatable bonds is 4. The number of anilines is 2. The van der Waals surface area contributed by atoms with Gasteiger partial charge in [0.15, 0.2) is 0 Å². The number of nitrogens with one attached hydrogen (secondary N) is 1. The Morgan fingerprint density at radius 2 is 2.11 bits per heavy atom. The molecule has 0 atom stereocenters. The number of benzene rings is 1. The zero-order chi connectivity index (χ0) is 13.7. The summed E-state index contributed by atoms with van der Waals surface area (Å²) in [4.78, 5) is 13.9. The summed E-state index contributed by atoms with van der Waals surface area (Å²) in [6.07, 6.45) is 2.99. The molecule has 0 radical (unpaired) electrons. The minimum Gasteiger partial charge on any atom is -0.449 e. The van der Waals surface area contributed by atoms with Gasteiger partial charge in [-0.1, -0.05) is 6.92 Å². The number of nitrogens with zero attached hydrogens (tertiary/aromatic N) is 1. The van der Waals surface area contributed by atoms with Crippen LogP contribution in [0.1, 0.15) is 31.7 Å². The molecule has 4 nitrogen and oxygen atoms in total. The van der Waals surface area contributed by atoms with Crippen LogP contribution in [0.5, 0.6) is 0 Å². The average molecular weight is 262 g/mol. The van der Waals surface area contributed by atoms with Crippen LogP contribution >= 0.6 is 0 Å². The van der Waals surface area contributed by atoms with Crippen molar-refractivity contribution in [1.29, 1.82) is 0 Å². The molecule has 4 heteroatoms. The van der Waals surface area contributed by atoms with Crippen LogP contribution in [0.25, 0.3) is 0 Å². The van der Waals surface area contributed by atoms with Gasteiger partial charge in [0.2, 0.25) is 0 Å². The summed E-state index contributed by atoms with van der Waals surface area (Å²) >= 11 is 0. The predicted molar refractivity (Wildman–Crippen MR) is 77.9 cm³/mol. The third-order valence-electron chi connectivity index (χ3n) is 3.36. The lowest BCUT2D eigenvalue weighted by atomic mass is 10.1. The van der Waals surface area contributed by atoms with Crippen LogP contribution < -0.4 is 10.2 Å². The molecule has 1 amide bonds. The molecule has 1 N–H and O–H groups in total. The Bertz CT molecular complexity index is 440. The quantitative estimate of drug-likeness (QED) is 0.902.